The van der Waals surface area contributed by atoms with Gasteiger partial charge in [-0.25, -0.2) is 0 Å². The smallest absolute Gasteiger partial charge is 0.107 e. The van der Waals surface area contributed by atoms with Crippen LogP contribution in [0.15, 0.2) is 0 Å². The molecule has 0 fully saturated rings. The van der Waals surface area contributed by atoms with Crippen LogP contribution < -0.4 is 11.5 Å². The molecule has 0 aromatic rings. The topological polar surface area (TPSA) is 111 Å². The lowest BCUT2D eigenvalue weighted by molar-refractivity contribution is -0.00842. The van der Waals surface area contributed by atoms with Gasteiger partial charge < -0.3 is 31.2 Å². The van der Waals surface area contributed by atoms with Gasteiger partial charge in [-0.2, -0.15) is 0 Å². The van der Waals surface area contributed by atoms with Gasteiger partial charge in [0, 0.05) is 0 Å². The summed E-state index contributed by atoms with van der Waals surface area (Å²) >= 11 is 0. The van der Waals surface area contributed by atoms with Crippen molar-refractivity contribution in [2.24, 2.45) is 11.5 Å². The van der Waals surface area contributed by atoms with E-state index in [1.807, 2.05) is 13.8 Å². The van der Waals surface area contributed by atoms with Gasteiger partial charge >= 0.3 is 0 Å². The summed E-state index contributed by atoms with van der Waals surface area (Å²) < 4.78 is 9.74. The van der Waals surface area contributed by atoms with E-state index in [0.717, 1.165) is 12.8 Å². The van der Waals surface area contributed by atoms with Crippen molar-refractivity contribution in [3.63, 3.8) is 0 Å². The molecule has 0 heterocycles. The Morgan fingerprint density at radius 3 is 1.56 bits per heavy atom. The zero-order valence-electron chi connectivity index (χ0n) is 10.3. The third-order valence-corrected chi connectivity index (χ3v) is 1.63. The highest BCUT2D eigenvalue weighted by atomic mass is 16.5. The molecule has 0 aliphatic heterocycles. The first-order valence-corrected chi connectivity index (χ1v) is 5.58. The van der Waals surface area contributed by atoms with Crippen LogP contribution in [0.2, 0.25) is 0 Å². The first kappa shape index (κ1) is 18.1. The molecule has 0 aliphatic carbocycles. The Labute approximate surface area is 97.5 Å². The lowest BCUT2D eigenvalue weighted by Crippen LogP contribution is -2.33. The second-order valence-electron chi connectivity index (χ2n) is 3.09. The lowest BCUT2D eigenvalue weighted by atomic mass is 10.4. The highest BCUT2D eigenvalue weighted by Crippen LogP contribution is 1.94. The third kappa shape index (κ3) is 16.2. The van der Waals surface area contributed by atoms with Gasteiger partial charge in [0.15, 0.2) is 0 Å². The van der Waals surface area contributed by atoms with Crippen molar-refractivity contribution in [1.29, 1.82) is 0 Å². The number of ether oxygens (including phenoxy) is 2. The molecule has 6 heteroatoms. The van der Waals surface area contributed by atoms with Crippen molar-refractivity contribution in [3.05, 3.63) is 0 Å². The van der Waals surface area contributed by atoms with Crippen LogP contribution in [-0.4, -0.2) is 49.1 Å². The SMILES string of the molecule is CCC(N)OC(N)CC.OCCOCCO. The molecule has 0 amide bonds. The predicted octanol–water partition coefficient (Wildman–Crippen LogP) is -0.620. The van der Waals surface area contributed by atoms with Crippen molar-refractivity contribution in [1.82, 2.24) is 0 Å². The molecule has 100 valence electrons. The number of hydrogen-bond donors (Lipinski definition) is 4. The average molecular weight is 238 g/mol. The maximum Gasteiger partial charge on any atom is 0.107 e. The van der Waals surface area contributed by atoms with Crippen LogP contribution in [0.3, 0.4) is 0 Å². The van der Waals surface area contributed by atoms with E-state index >= 15 is 0 Å². The van der Waals surface area contributed by atoms with Crippen LogP contribution in [0.25, 0.3) is 0 Å². The minimum Gasteiger partial charge on any atom is -0.394 e. The van der Waals surface area contributed by atoms with Gasteiger partial charge in [0.2, 0.25) is 0 Å². The lowest BCUT2D eigenvalue weighted by Gasteiger charge is -2.15. The van der Waals surface area contributed by atoms with Gasteiger partial charge in [-0.05, 0) is 12.8 Å². The predicted molar refractivity (Wildman–Crippen MR) is 62.6 cm³/mol. The molecule has 6 nitrogen and oxygen atoms in total. The van der Waals surface area contributed by atoms with Crippen molar-refractivity contribution in [2.45, 2.75) is 39.1 Å². The van der Waals surface area contributed by atoms with E-state index in [2.05, 4.69) is 4.74 Å². The van der Waals surface area contributed by atoms with E-state index in [0.29, 0.717) is 13.2 Å². The van der Waals surface area contributed by atoms with E-state index in [1.54, 1.807) is 0 Å². The van der Waals surface area contributed by atoms with Crippen molar-refractivity contribution >= 4 is 0 Å². The van der Waals surface area contributed by atoms with Gasteiger partial charge in [0.05, 0.1) is 26.4 Å². The average Bonchev–Trinajstić information content (AvgIpc) is 2.30. The Kier molecular flexibility index (Phi) is 16.7. The molecule has 0 spiro atoms. The maximum atomic E-state index is 8.09. The van der Waals surface area contributed by atoms with Gasteiger partial charge in [0.25, 0.3) is 0 Å². The van der Waals surface area contributed by atoms with E-state index in [9.17, 15) is 0 Å². The molecule has 0 saturated heterocycles. The molecular weight excluding hydrogens is 212 g/mol. The molecule has 2 atom stereocenters. The first-order valence-electron chi connectivity index (χ1n) is 5.58. The molecule has 0 saturated carbocycles. The summed E-state index contributed by atoms with van der Waals surface area (Å²) in [6, 6.07) is 0. The van der Waals surface area contributed by atoms with E-state index in [4.69, 9.17) is 26.4 Å². The summed E-state index contributed by atoms with van der Waals surface area (Å²) in [5, 5.41) is 16.2. The second-order valence-corrected chi connectivity index (χ2v) is 3.09. The molecular formula is C10H26N2O4. The molecule has 6 N–H and O–H groups in total. The van der Waals surface area contributed by atoms with E-state index in [-0.39, 0.29) is 25.7 Å². The largest absolute Gasteiger partial charge is 0.394 e. The standard InChI is InChI=1S/C6H16N2O.C4H10O3/c1-3-5(7)9-6(8)4-2;5-1-3-7-4-2-6/h5-6H,3-4,7-8H2,1-2H3;5-6H,1-4H2. The summed E-state index contributed by atoms with van der Waals surface area (Å²) in [7, 11) is 0. The Balaban J connectivity index is 0. The van der Waals surface area contributed by atoms with E-state index < -0.39 is 0 Å². The van der Waals surface area contributed by atoms with Crippen LogP contribution >= 0.6 is 0 Å². The summed E-state index contributed by atoms with van der Waals surface area (Å²) in [6.07, 6.45) is 1.24. The van der Waals surface area contributed by atoms with Gasteiger partial charge in [-0.15, -0.1) is 0 Å². The fourth-order valence-corrected chi connectivity index (χ4v) is 0.648. The number of rotatable bonds is 8. The summed E-state index contributed by atoms with van der Waals surface area (Å²) in [5.41, 5.74) is 10.9. The minimum atomic E-state index is -0.194. The van der Waals surface area contributed by atoms with Crippen molar-refractivity contribution in [2.75, 3.05) is 26.4 Å². The summed E-state index contributed by atoms with van der Waals surface area (Å²) in [5.74, 6) is 0. The second kappa shape index (κ2) is 14.8. The Hall–Kier alpha value is -0.240. The molecule has 2 unspecified atom stereocenters. The quantitative estimate of drug-likeness (QED) is 0.331. The van der Waals surface area contributed by atoms with E-state index in [1.165, 1.54) is 0 Å². The molecule has 0 radical (unpaired) electrons. The van der Waals surface area contributed by atoms with Gasteiger partial charge in [-0.3, -0.25) is 0 Å². The van der Waals surface area contributed by atoms with Gasteiger partial charge in [-0.1, -0.05) is 13.8 Å². The van der Waals surface area contributed by atoms with Crippen LogP contribution in [0.1, 0.15) is 26.7 Å². The number of hydrogen-bond acceptors (Lipinski definition) is 6. The van der Waals surface area contributed by atoms with Crippen molar-refractivity contribution in [3.8, 4) is 0 Å². The van der Waals surface area contributed by atoms with Crippen LogP contribution in [-0.2, 0) is 9.47 Å². The Bertz CT molecular complexity index is 115. The van der Waals surface area contributed by atoms with Crippen LogP contribution in [0, 0.1) is 0 Å². The zero-order chi connectivity index (χ0) is 12.8. The Morgan fingerprint density at radius 1 is 0.938 bits per heavy atom. The summed E-state index contributed by atoms with van der Waals surface area (Å²) in [6.45, 7) is 4.63. The number of aliphatic hydroxyl groups is 2. The van der Waals surface area contributed by atoms with Crippen LogP contribution in [0.4, 0.5) is 0 Å². The third-order valence-electron chi connectivity index (χ3n) is 1.63. The molecule has 0 aromatic heterocycles. The summed E-state index contributed by atoms with van der Waals surface area (Å²) in [4.78, 5) is 0. The highest BCUT2D eigenvalue weighted by Gasteiger charge is 2.03. The zero-order valence-corrected chi connectivity index (χ0v) is 10.3. The molecule has 0 rings (SSSR count). The fourth-order valence-electron chi connectivity index (χ4n) is 0.648. The molecule has 0 bridgehead atoms. The Morgan fingerprint density at radius 2 is 1.31 bits per heavy atom. The fraction of sp³-hybridized carbons (Fsp3) is 1.00. The monoisotopic (exact) mass is 238 g/mol. The van der Waals surface area contributed by atoms with Crippen LogP contribution in [0.5, 0.6) is 0 Å². The highest BCUT2D eigenvalue weighted by molar-refractivity contribution is 4.47. The molecule has 0 aliphatic rings. The molecule has 0 aromatic carbocycles. The van der Waals surface area contributed by atoms with Crippen molar-refractivity contribution < 1.29 is 19.7 Å². The maximum absolute atomic E-state index is 8.09. The minimum absolute atomic E-state index is 0.0278. The first-order chi connectivity index (χ1) is 7.62. The number of aliphatic hydroxyl groups excluding tert-OH is 2. The number of nitrogens with two attached hydrogens (primary N) is 2. The van der Waals surface area contributed by atoms with Gasteiger partial charge in [0.1, 0.15) is 12.5 Å². The normalized spacial score (nSPS) is 13.9. The molecule has 16 heavy (non-hydrogen) atoms.